The third kappa shape index (κ3) is 4.82. The number of benzene rings is 1. The van der Waals surface area contributed by atoms with Gasteiger partial charge in [0, 0.05) is 56.7 Å². The molecule has 1 aliphatic rings. The number of hydrogen-bond donors (Lipinski definition) is 1. The monoisotopic (exact) mass is 520 g/mol. The first-order valence-electron chi connectivity index (χ1n) is 14.1. The van der Waals surface area contributed by atoms with Crippen LogP contribution < -0.4 is 5.73 Å². The van der Waals surface area contributed by atoms with Gasteiger partial charge in [-0.05, 0) is 68.5 Å². The number of imidazole rings is 1. The number of aryl methyl sites for hydroxylation is 2. The molecule has 1 unspecified atom stereocenters. The second-order valence-corrected chi connectivity index (χ2v) is 10.6. The standard InChI is InChI=1S/C30H39FN6O.H2/c1-4-9-20(17-31)18-37-27-21(5-2)14-23(30(38)35-13-8-11-24(32)19-35)15-25(27)34-29(37)26-16-22-10-7-12-33-28(22)36(26)6-3;/h7,10,12,14-16,20,24H,4-6,8-9,11,13,17-19,32H2,1-3H3;1H/t20?,24-;/m1./s1. The van der Waals surface area contributed by atoms with Crippen molar-refractivity contribution in [1.82, 2.24) is 24.0 Å². The highest BCUT2D eigenvalue weighted by Gasteiger charge is 2.26. The van der Waals surface area contributed by atoms with E-state index in [2.05, 4.69) is 47.0 Å². The molecule has 0 bridgehead atoms. The Morgan fingerprint density at radius 1 is 1.24 bits per heavy atom. The molecule has 1 aliphatic heterocycles. The molecule has 4 aromatic rings. The number of fused-ring (bicyclic) bond motifs is 2. The van der Waals surface area contributed by atoms with Crippen molar-refractivity contribution in [2.45, 2.75) is 72.0 Å². The minimum Gasteiger partial charge on any atom is -0.337 e. The zero-order valence-electron chi connectivity index (χ0n) is 22.8. The van der Waals surface area contributed by atoms with E-state index >= 15 is 0 Å². The van der Waals surface area contributed by atoms with E-state index in [0.717, 1.165) is 84.3 Å². The number of rotatable bonds is 9. The topological polar surface area (TPSA) is 82.0 Å². The molecule has 38 heavy (non-hydrogen) atoms. The number of nitrogens with two attached hydrogens (primary N) is 1. The van der Waals surface area contributed by atoms with Crippen LogP contribution in [0, 0.1) is 5.92 Å². The molecule has 1 amide bonds. The molecule has 0 aliphatic carbocycles. The molecule has 1 aromatic carbocycles. The fraction of sp³-hybridized carbons (Fsp3) is 0.500. The molecule has 4 heterocycles. The van der Waals surface area contributed by atoms with Crippen LogP contribution in [-0.2, 0) is 19.5 Å². The van der Waals surface area contributed by atoms with Gasteiger partial charge in [0.2, 0.25) is 0 Å². The third-order valence-corrected chi connectivity index (χ3v) is 7.85. The minimum absolute atomic E-state index is 0. The molecular weight excluding hydrogens is 479 g/mol. The Kier molecular flexibility index (Phi) is 7.79. The molecule has 8 heteroatoms. The first kappa shape index (κ1) is 26.4. The van der Waals surface area contributed by atoms with Gasteiger partial charge in [-0.15, -0.1) is 0 Å². The number of alkyl halides is 1. The van der Waals surface area contributed by atoms with Crippen LogP contribution >= 0.6 is 0 Å². The van der Waals surface area contributed by atoms with Gasteiger partial charge in [-0.2, -0.15) is 0 Å². The molecule has 1 fully saturated rings. The van der Waals surface area contributed by atoms with Gasteiger partial charge >= 0.3 is 0 Å². The highest BCUT2D eigenvalue weighted by atomic mass is 19.1. The van der Waals surface area contributed by atoms with Gasteiger partial charge in [-0.25, -0.2) is 9.97 Å². The second-order valence-electron chi connectivity index (χ2n) is 10.6. The third-order valence-electron chi connectivity index (χ3n) is 7.85. The molecule has 3 aromatic heterocycles. The first-order valence-corrected chi connectivity index (χ1v) is 14.1. The van der Waals surface area contributed by atoms with Crippen LogP contribution in [0.2, 0.25) is 0 Å². The number of piperidine rings is 1. The Balaban J connectivity index is 0.00000353. The normalized spacial score (nSPS) is 17.0. The summed E-state index contributed by atoms with van der Waals surface area (Å²) in [5, 5.41) is 1.05. The number of carbonyl (C=O) groups is 1. The zero-order valence-corrected chi connectivity index (χ0v) is 22.8. The molecule has 0 spiro atoms. The van der Waals surface area contributed by atoms with Gasteiger partial charge in [0.25, 0.3) is 5.91 Å². The molecule has 2 atom stereocenters. The van der Waals surface area contributed by atoms with Gasteiger partial charge in [-0.3, -0.25) is 9.18 Å². The van der Waals surface area contributed by atoms with E-state index in [4.69, 9.17) is 10.7 Å². The minimum atomic E-state index is -0.376. The number of carbonyl (C=O) groups excluding carboxylic acids is 1. The van der Waals surface area contributed by atoms with Crippen LogP contribution in [0.1, 0.15) is 63.8 Å². The van der Waals surface area contributed by atoms with Crippen molar-refractivity contribution >= 4 is 28.0 Å². The number of aromatic nitrogens is 4. The molecule has 1 saturated heterocycles. The predicted octanol–water partition coefficient (Wildman–Crippen LogP) is 5.83. The smallest absolute Gasteiger partial charge is 0.253 e. The lowest BCUT2D eigenvalue weighted by atomic mass is 10.0. The van der Waals surface area contributed by atoms with Crippen molar-refractivity contribution in [3.63, 3.8) is 0 Å². The van der Waals surface area contributed by atoms with Crippen molar-refractivity contribution in [2.75, 3.05) is 19.8 Å². The number of likely N-dealkylation sites (tertiary alicyclic amines) is 1. The number of pyridine rings is 1. The second kappa shape index (κ2) is 11.2. The van der Waals surface area contributed by atoms with E-state index in [0.29, 0.717) is 18.7 Å². The van der Waals surface area contributed by atoms with E-state index in [9.17, 15) is 9.18 Å². The molecule has 7 nitrogen and oxygen atoms in total. The van der Waals surface area contributed by atoms with E-state index in [1.54, 1.807) is 6.20 Å². The van der Waals surface area contributed by atoms with Crippen LogP contribution in [0.4, 0.5) is 4.39 Å². The van der Waals surface area contributed by atoms with Crippen LogP contribution in [0.25, 0.3) is 33.6 Å². The number of hydrogen-bond acceptors (Lipinski definition) is 4. The summed E-state index contributed by atoms with van der Waals surface area (Å²) in [7, 11) is 0. The Morgan fingerprint density at radius 3 is 2.79 bits per heavy atom. The predicted molar refractivity (Wildman–Crippen MR) is 153 cm³/mol. The average Bonchev–Trinajstić information content (AvgIpc) is 3.49. The van der Waals surface area contributed by atoms with Crippen LogP contribution in [0.5, 0.6) is 0 Å². The highest BCUT2D eigenvalue weighted by molar-refractivity contribution is 5.99. The van der Waals surface area contributed by atoms with Crippen LogP contribution in [-0.4, -0.2) is 55.7 Å². The lowest BCUT2D eigenvalue weighted by Crippen LogP contribution is -2.45. The van der Waals surface area contributed by atoms with Crippen molar-refractivity contribution in [2.24, 2.45) is 11.7 Å². The van der Waals surface area contributed by atoms with Crippen molar-refractivity contribution in [1.29, 1.82) is 0 Å². The summed E-state index contributed by atoms with van der Waals surface area (Å²) in [5.74, 6) is 0.704. The molecule has 0 radical (unpaired) electrons. The average molecular weight is 521 g/mol. The number of amides is 1. The SMILES string of the molecule is CCCC(CF)Cn1c(-c2cc3cccnc3n2CC)nc2cc(C(=O)N3CCC[C@@H](N)C3)cc(CC)c21.[HH]. The van der Waals surface area contributed by atoms with Crippen LogP contribution in [0.15, 0.2) is 36.5 Å². The maximum Gasteiger partial charge on any atom is 0.253 e. The Labute approximate surface area is 225 Å². The summed E-state index contributed by atoms with van der Waals surface area (Å²) in [6.45, 7) is 8.50. The first-order chi connectivity index (χ1) is 18.5. The summed E-state index contributed by atoms with van der Waals surface area (Å²) >= 11 is 0. The highest BCUT2D eigenvalue weighted by Crippen LogP contribution is 2.33. The van der Waals surface area contributed by atoms with E-state index in [-0.39, 0.29) is 26.0 Å². The van der Waals surface area contributed by atoms with Gasteiger partial charge in [-0.1, -0.05) is 20.3 Å². The quantitative estimate of drug-likeness (QED) is 0.301. The summed E-state index contributed by atoms with van der Waals surface area (Å²) < 4.78 is 18.5. The molecular formula is C30H41FN6O. The maximum atomic E-state index is 14.2. The maximum absolute atomic E-state index is 14.2. The van der Waals surface area contributed by atoms with E-state index in [1.807, 2.05) is 23.1 Å². The van der Waals surface area contributed by atoms with Crippen LogP contribution in [0.3, 0.4) is 0 Å². The Hall–Kier alpha value is -3.26. The lowest BCUT2D eigenvalue weighted by molar-refractivity contribution is 0.0709. The summed E-state index contributed by atoms with van der Waals surface area (Å²) in [6.07, 6.45) is 6.15. The zero-order chi connectivity index (χ0) is 26.8. The van der Waals surface area contributed by atoms with Gasteiger partial charge in [0.05, 0.1) is 23.4 Å². The molecule has 204 valence electrons. The van der Waals surface area contributed by atoms with E-state index in [1.165, 1.54) is 0 Å². The lowest BCUT2D eigenvalue weighted by Gasteiger charge is -2.31. The van der Waals surface area contributed by atoms with Crippen molar-refractivity contribution < 1.29 is 10.6 Å². The Morgan fingerprint density at radius 2 is 2.08 bits per heavy atom. The summed E-state index contributed by atoms with van der Waals surface area (Å²) in [4.78, 5) is 25.2. The molecule has 2 N–H and O–H groups in total. The Bertz CT molecular complexity index is 1450. The molecule has 5 rings (SSSR count). The fourth-order valence-electron chi connectivity index (χ4n) is 5.97. The molecule has 0 saturated carbocycles. The van der Waals surface area contributed by atoms with E-state index < -0.39 is 0 Å². The van der Waals surface area contributed by atoms with Gasteiger partial charge in [0.15, 0.2) is 5.82 Å². The van der Waals surface area contributed by atoms with Gasteiger partial charge in [0.1, 0.15) is 5.65 Å². The number of nitrogens with zero attached hydrogens (tertiary/aromatic N) is 5. The fourth-order valence-corrected chi connectivity index (χ4v) is 5.97. The van der Waals surface area contributed by atoms with Gasteiger partial charge < -0.3 is 19.8 Å². The summed E-state index contributed by atoms with van der Waals surface area (Å²) in [5.41, 5.74) is 11.5. The van der Waals surface area contributed by atoms with Crippen molar-refractivity contribution in [3.8, 4) is 11.5 Å². The van der Waals surface area contributed by atoms with Crippen molar-refractivity contribution in [3.05, 3.63) is 47.7 Å². The summed E-state index contributed by atoms with van der Waals surface area (Å²) in [6, 6.07) is 10.1. The number of halogens is 1. The largest absolute Gasteiger partial charge is 0.337 e.